The number of carbonyl (C=O) groups excluding carboxylic acids is 1. The number of rotatable bonds is 20. The number of unbranched alkanes of at least 4 members (excludes halogenated alkanes) is 14. The van der Waals surface area contributed by atoms with Crippen molar-refractivity contribution in [3.05, 3.63) is 0 Å². The van der Waals surface area contributed by atoms with Crippen molar-refractivity contribution in [2.24, 2.45) is 0 Å². The van der Waals surface area contributed by atoms with E-state index in [1.54, 1.807) is 0 Å². The average Bonchev–Trinajstić information content (AvgIpc) is 2.57. The van der Waals surface area contributed by atoms with Gasteiger partial charge in [-0.1, -0.05) is 96.8 Å². The fourth-order valence-corrected chi connectivity index (χ4v) is 3.54. The first kappa shape index (κ1) is 29.1. The molecule has 0 aliphatic rings. The number of likely N-dealkylation sites (N-methyl/N-ethyl adjacent to an activating group) is 1. The van der Waals surface area contributed by atoms with Gasteiger partial charge < -0.3 is 10.0 Å². The summed E-state index contributed by atoms with van der Waals surface area (Å²) in [6.45, 7) is 2.85. The lowest BCUT2D eigenvalue weighted by Gasteiger charge is -2.14. The van der Waals surface area contributed by atoms with Crippen LogP contribution < -0.4 is 0 Å². The van der Waals surface area contributed by atoms with Crippen LogP contribution >= 0.6 is 12.4 Å². The van der Waals surface area contributed by atoms with E-state index >= 15 is 0 Å². The van der Waals surface area contributed by atoms with Gasteiger partial charge in [0.15, 0.2) is 0 Å². The molecule has 1 atom stereocenters. The van der Waals surface area contributed by atoms with Crippen molar-refractivity contribution >= 4 is 18.2 Å². The molecule has 0 aromatic heterocycles. The summed E-state index contributed by atoms with van der Waals surface area (Å²) in [6, 6.07) is 0. The molecule has 0 radical (unpaired) electrons. The van der Waals surface area contributed by atoms with E-state index in [2.05, 4.69) is 6.92 Å². The van der Waals surface area contributed by atoms with Crippen LogP contribution in [0.25, 0.3) is 0 Å². The van der Waals surface area contributed by atoms with Gasteiger partial charge in [0.2, 0.25) is 0 Å². The number of halogens is 1. The Kier molecular flexibility index (Phi) is 23.9. The summed E-state index contributed by atoms with van der Waals surface area (Å²) in [5.74, 6) is 0.217. The van der Waals surface area contributed by atoms with E-state index in [0.29, 0.717) is 19.4 Å². The largest absolute Gasteiger partial charge is 0.391 e. The minimum Gasteiger partial charge on any atom is -0.391 e. The zero-order chi connectivity index (χ0) is 19.5. The van der Waals surface area contributed by atoms with Crippen molar-refractivity contribution in [1.29, 1.82) is 0 Å². The standard InChI is InChI=1S/C23H47NO2.ClH/c1-4-5-6-7-8-9-10-11-12-13-14-15-16-17-18-19-22(25)20-23(26)21-24(2)3;/h23,26H,4-21H2,1-3H3;1H. The SMILES string of the molecule is CCCCCCCCCCCCCCCCCC(=O)CC(O)CN(C)C.Cl. The number of nitrogens with zero attached hydrogens (tertiary/aromatic N) is 1. The first-order valence-electron chi connectivity index (χ1n) is 11.4. The summed E-state index contributed by atoms with van der Waals surface area (Å²) in [7, 11) is 3.84. The molecule has 0 fully saturated rings. The van der Waals surface area contributed by atoms with E-state index in [9.17, 15) is 9.90 Å². The van der Waals surface area contributed by atoms with Gasteiger partial charge in [-0.05, 0) is 20.5 Å². The Morgan fingerprint density at radius 2 is 1.11 bits per heavy atom. The maximum absolute atomic E-state index is 11.8. The maximum Gasteiger partial charge on any atom is 0.135 e. The zero-order valence-corrected chi connectivity index (χ0v) is 19.3. The average molecular weight is 406 g/mol. The van der Waals surface area contributed by atoms with Gasteiger partial charge in [-0.15, -0.1) is 12.4 Å². The van der Waals surface area contributed by atoms with Crippen LogP contribution in [0.2, 0.25) is 0 Å². The fourth-order valence-electron chi connectivity index (χ4n) is 3.54. The first-order valence-corrected chi connectivity index (χ1v) is 11.4. The number of ketones is 1. The number of hydrogen-bond donors (Lipinski definition) is 1. The van der Waals surface area contributed by atoms with Crippen molar-refractivity contribution in [2.75, 3.05) is 20.6 Å². The normalized spacial score (nSPS) is 12.2. The topological polar surface area (TPSA) is 40.5 Å². The number of Topliss-reactive ketones (excluding diaryl/α,β-unsaturated/α-hetero) is 1. The number of hydrogen-bond acceptors (Lipinski definition) is 3. The highest BCUT2D eigenvalue weighted by Gasteiger charge is 2.11. The predicted octanol–water partition coefficient (Wildman–Crippen LogP) is 6.55. The van der Waals surface area contributed by atoms with E-state index in [1.165, 1.54) is 83.5 Å². The third kappa shape index (κ3) is 23.8. The van der Waals surface area contributed by atoms with Crippen molar-refractivity contribution in [3.63, 3.8) is 0 Å². The number of aliphatic hydroxyl groups is 1. The molecule has 0 amide bonds. The lowest BCUT2D eigenvalue weighted by Crippen LogP contribution is -2.27. The van der Waals surface area contributed by atoms with Crippen molar-refractivity contribution in [1.82, 2.24) is 4.90 Å². The second-order valence-corrected chi connectivity index (χ2v) is 8.36. The van der Waals surface area contributed by atoms with Gasteiger partial charge >= 0.3 is 0 Å². The lowest BCUT2D eigenvalue weighted by molar-refractivity contribution is -0.121. The zero-order valence-electron chi connectivity index (χ0n) is 18.5. The van der Waals surface area contributed by atoms with Gasteiger partial charge in [-0.25, -0.2) is 0 Å². The molecule has 0 bridgehead atoms. The van der Waals surface area contributed by atoms with Crippen LogP contribution in [0.4, 0.5) is 0 Å². The fraction of sp³-hybridized carbons (Fsp3) is 0.957. The summed E-state index contributed by atoms with van der Waals surface area (Å²) in [5.41, 5.74) is 0. The molecule has 1 unspecified atom stereocenters. The summed E-state index contributed by atoms with van der Waals surface area (Å²) in [6.07, 6.45) is 20.6. The van der Waals surface area contributed by atoms with E-state index in [4.69, 9.17) is 0 Å². The van der Waals surface area contributed by atoms with Crippen molar-refractivity contribution in [3.8, 4) is 0 Å². The summed E-state index contributed by atoms with van der Waals surface area (Å²) < 4.78 is 0. The Morgan fingerprint density at radius 3 is 1.48 bits per heavy atom. The van der Waals surface area contributed by atoms with Crippen LogP contribution in [0, 0.1) is 0 Å². The van der Waals surface area contributed by atoms with Crippen LogP contribution in [0.5, 0.6) is 0 Å². The van der Waals surface area contributed by atoms with Crippen LogP contribution in [-0.4, -0.2) is 42.5 Å². The van der Waals surface area contributed by atoms with Crippen LogP contribution in [0.15, 0.2) is 0 Å². The second-order valence-electron chi connectivity index (χ2n) is 8.36. The molecule has 0 aliphatic heterocycles. The van der Waals surface area contributed by atoms with Crippen LogP contribution in [0.3, 0.4) is 0 Å². The quantitative estimate of drug-likeness (QED) is 0.233. The Morgan fingerprint density at radius 1 is 0.741 bits per heavy atom. The molecule has 164 valence electrons. The molecule has 3 nitrogen and oxygen atoms in total. The van der Waals surface area contributed by atoms with Gasteiger partial charge in [0, 0.05) is 19.4 Å². The van der Waals surface area contributed by atoms with Gasteiger partial charge in [0.1, 0.15) is 5.78 Å². The molecule has 1 N–H and O–H groups in total. The Balaban J connectivity index is 0. The second kappa shape index (κ2) is 22.2. The first-order chi connectivity index (χ1) is 12.6. The molecule has 0 saturated heterocycles. The number of carbonyl (C=O) groups is 1. The smallest absolute Gasteiger partial charge is 0.135 e. The highest BCUT2D eigenvalue weighted by atomic mass is 35.5. The molecule has 0 rings (SSSR count). The highest BCUT2D eigenvalue weighted by molar-refractivity contribution is 5.85. The van der Waals surface area contributed by atoms with Gasteiger partial charge in [0.05, 0.1) is 6.10 Å². The minimum absolute atomic E-state index is 0. The van der Waals surface area contributed by atoms with Crippen molar-refractivity contribution < 1.29 is 9.90 Å². The molecule has 0 aromatic carbocycles. The number of aliphatic hydroxyl groups excluding tert-OH is 1. The minimum atomic E-state index is -0.506. The van der Waals surface area contributed by atoms with Gasteiger partial charge in [0.25, 0.3) is 0 Å². The molecule has 0 spiro atoms. The lowest BCUT2D eigenvalue weighted by atomic mass is 10.0. The monoisotopic (exact) mass is 405 g/mol. The molecule has 0 aromatic rings. The third-order valence-corrected chi connectivity index (χ3v) is 5.10. The van der Waals surface area contributed by atoms with Gasteiger partial charge in [-0.3, -0.25) is 4.79 Å². The molecule has 27 heavy (non-hydrogen) atoms. The molecule has 0 saturated carbocycles. The molecule has 0 aliphatic carbocycles. The third-order valence-electron chi connectivity index (χ3n) is 5.10. The molecule has 0 heterocycles. The predicted molar refractivity (Wildman–Crippen MR) is 121 cm³/mol. The van der Waals surface area contributed by atoms with E-state index < -0.39 is 6.10 Å². The molecular formula is C23H48ClNO2. The van der Waals surface area contributed by atoms with Crippen LogP contribution in [0.1, 0.15) is 116 Å². The van der Waals surface area contributed by atoms with E-state index in [-0.39, 0.29) is 18.2 Å². The summed E-state index contributed by atoms with van der Waals surface area (Å²) in [4.78, 5) is 13.7. The Labute approximate surface area is 176 Å². The Bertz CT molecular complexity index is 311. The molecule has 4 heteroatoms. The maximum atomic E-state index is 11.8. The van der Waals surface area contributed by atoms with E-state index in [1.807, 2.05) is 19.0 Å². The highest BCUT2D eigenvalue weighted by Crippen LogP contribution is 2.14. The summed E-state index contributed by atoms with van der Waals surface area (Å²) in [5, 5.41) is 9.75. The Hall–Kier alpha value is -0.120. The van der Waals surface area contributed by atoms with Crippen molar-refractivity contribution in [2.45, 2.75) is 122 Å². The van der Waals surface area contributed by atoms with Crippen LogP contribution in [-0.2, 0) is 4.79 Å². The molecular weight excluding hydrogens is 358 g/mol. The van der Waals surface area contributed by atoms with Gasteiger partial charge in [-0.2, -0.15) is 0 Å². The summed E-state index contributed by atoms with van der Waals surface area (Å²) >= 11 is 0. The van der Waals surface area contributed by atoms with E-state index in [0.717, 1.165) is 12.8 Å².